The molecular weight excluding hydrogens is 376 g/mol. The molecule has 0 aliphatic rings. The zero-order chi connectivity index (χ0) is 20.6. The Labute approximate surface area is 166 Å². The fraction of sp³-hybridized carbons (Fsp3) is 0.286. The van der Waals surface area contributed by atoms with Crippen LogP contribution in [0.15, 0.2) is 54.6 Å². The second kappa shape index (κ2) is 10.1. The Morgan fingerprint density at radius 2 is 1.79 bits per heavy atom. The fourth-order valence-corrected chi connectivity index (χ4v) is 3.97. The molecule has 0 aromatic heterocycles. The van der Waals surface area contributed by atoms with Crippen LogP contribution >= 0.6 is 0 Å². The van der Waals surface area contributed by atoms with E-state index in [-0.39, 0.29) is 17.7 Å². The predicted molar refractivity (Wildman–Crippen MR) is 111 cm³/mol. The molecule has 0 aliphatic heterocycles. The van der Waals surface area contributed by atoms with Gasteiger partial charge in [0, 0.05) is 18.7 Å². The number of hydrogen-bond donors (Lipinski definition) is 2. The lowest BCUT2D eigenvalue weighted by atomic mass is 10.1. The van der Waals surface area contributed by atoms with E-state index in [1.807, 2.05) is 36.4 Å². The number of nitrogens with one attached hydrogen (secondary N) is 2. The molecule has 6 nitrogen and oxygen atoms in total. The molecule has 0 saturated carbocycles. The number of ether oxygens (including phenoxy) is 1. The van der Waals surface area contributed by atoms with Gasteiger partial charge in [-0.2, -0.15) is 0 Å². The molecule has 0 fully saturated rings. The van der Waals surface area contributed by atoms with Crippen LogP contribution in [0.5, 0.6) is 5.75 Å². The molecule has 2 aromatic rings. The molecule has 0 spiro atoms. The number of hydrogen-bond acceptors (Lipinski definition) is 4. The first-order valence-electron chi connectivity index (χ1n) is 8.95. The summed E-state index contributed by atoms with van der Waals surface area (Å²) in [7, 11) is -1.75. The molecule has 0 saturated heterocycles. The van der Waals surface area contributed by atoms with E-state index in [0.717, 1.165) is 16.9 Å². The third kappa shape index (κ3) is 7.54. The van der Waals surface area contributed by atoms with E-state index in [2.05, 4.69) is 10.0 Å². The monoisotopic (exact) mass is 402 g/mol. The van der Waals surface area contributed by atoms with E-state index in [1.54, 1.807) is 39.2 Å². The van der Waals surface area contributed by atoms with Gasteiger partial charge >= 0.3 is 0 Å². The Morgan fingerprint density at radius 3 is 2.43 bits per heavy atom. The molecule has 28 heavy (non-hydrogen) atoms. The van der Waals surface area contributed by atoms with E-state index < -0.39 is 10.0 Å². The Hall–Kier alpha value is -2.64. The molecule has 2 rings (SSSR count). The predicted octanol–water partition coefficient (Wildman–Crippen LogP) is 2.85. The number of methoxy groups -OCH3 is 1. The van der Waals surface area contributed by atoms with Crippen molar-refractivity contribution in [1.82, 2.24) is 10.0 Å². The Bertz CT molecular complexity index is 920. The van der Waals surface area contributed by atoms with Gasteiger partial charge in [0.2, 0.25) is 15.9 Å². The summed E-state index contributed by atoms with van der Waals surface area (Å²) in [6.07, 6.45) is 3.18. The summed E-state index contributed by atoms with van der Waals surface area (Å²) in [6, 6.07) is 14.4. The van der Waals surface area contributed by atoms with Crippen LogP contribution in [-0.2, 0) is 27.1 Å². The number of carbonyl (C=O) groups is 1. The molecule has 0 heterocycles. The number of sulfonamides is 1. The molecule has 0 unspecified atom stereocenters. The molecule has 2 N–H and O–H groups in total. The molecule has 2 aromatic carbocycles. The standard InChI is InChI=1S/C21H26N2O4S/c1-16(2)23-28(25,26)15-19-9-7-18(8-10-19)14-22-21(24)12-11-17-5-4-6-20(13-17)27-3/h4-13,16,23H,14-15H2,1-3H3,(H,22,24)/b12-11+. The summed E-state index contributed by atoms with van der Waals surface area (Å²) in [4.78, 5) is 12.0. The van der Waals surface area contributed by atoms with Crippen molar-refractivity contribution < 1.29 is 17.9 Å². The van der Waals surface area contributed by atoms with Gasteiger partial charge in [-0.05, 0) is 48.7 Å². The topological polar surface area (TPSA) is 84.5 Å². The van der Waals surface area contributed by atoms with Gasteiger partial charge in [-0.15, -0.1) is 0 Å². The van der Waals surface area contributed by atoms with E-state index in [4.69, 9.17) is 4.74 Å². The van der Waals surface area contributed by atoms with Crippen molar-refractivity contribution in [2.24, 2.45) is 0 Å². The third-order valence-electron chi connectivity index (χ3n) is 3.78. The summed E-state index contributed by atoms with van der Waals surface area (Å²) in [5.74, 6) is 0.449. The maximum atomic E-state index is 12.0. The molecule has 7 heteroatoms. The van der Waals surface area contributed by atoms with Crippen molar-refractivity contribution in [1.29, 1.82) is 0 Å². The van der Waals surface area contributed by atoms with E-state index in [9.17, 15) is 13.2 Å². The quantitative estimate of drug-likeness (QED) is 0.632. The summed E-state index contributed by atoms with van der Waals surface area (Å²) in [6.45, 7) is 3.93. The van der Waals surface area contributed by atoms with Crippen molar-refractivity contribution >= 4 is 22.0 Å². The minimum absolute atomic E-state index is 0.0684. The van der Waals surface area contributed by atoms with Crippen LogP contribution < -0.4 is 14.8 Å². The maximum absolute atomic E-state index is 12.0. The lowest BCUT2D eigenvalue weighted by molar-refractivity contribution is -0.116. The van der Waals surface area contributed by atoms with Crippen molar-refractivity contribution in [3.05, 3.63) is 71.3 Å². The van der Waals surface area contributed by atoms with Gasteiger partial charge in [-0.25, -0.2) is 13.1 Å². The SMILES string of the molecule is COc1cccc(/C=C/C(=O)NCc2ccc(CS(=O)(=O)NC(C)C)cc2)c1. The summed E-state index contributed by atoms with van der Waals surface area (Å²) in [5, 5.41) is 2.80. The number of carbonyl (C=O) groups excluding carboxylic acids is 1. The Balaban J connectivity index is 1.87. The van der Waals surface area contributed by atoms with Gasteiger partial charge in [0.15, 0.2) is 0 Å². The number of rotatable bonds is 9. The first-order valence-corrected chi connectivity index (χ1v) is 10.6. The van der Waals surface area contributed by atoms with Gasteiger partial charge in [-0.3, -0.25) is 4.79 Å². The van der Waals surface area contributed by atoms with E-state index in [0.29, 0.717) is 12.1 Å². The molecular formula is C21H26N2O4S. The van der Waals surface area contributed by atoms with Gasteiger partial charge in [0.05, 0.1) is 12.9 Å². The second-order valence-electron chi connectivity index (χ2n) is 6.68. The van der Waals surface area contributed by atoms with Crippen LogP contribution in [0.1, 0.15) is 30.5 Å². The molecule has 0 radical (unpaired) electrons. The average Bonchev–Trinajstić information content (AvgIpc) is 2.64. The van der Waals surface area contributed by atoms with Crippen LogP contribution in [-0.4, -0.2) is 27.5 Å². The van der Waals surface area contributed by atoms with Crippen LogP contribution in [0.4, 0.5) is 0 Å². The largest absolute Gasteiger partial charge is 0.497 e. The third-order valence-corrected chi connectivity index (χ3v) is 5.33. The molecule has 1 amide bonds. The van der Waals surface area contributed by atoms with Crippen molar-refractivity contribution in [3.8, 4) is 5.75 Å². The summed E-state index contributed by atoms with van der Waals surface area (Å²) >= 11 is 0. The fourth-order valence-electron chi connectivity index (χ4n) is 2.54. The zero-order valence-electron chi connectivity index (χ0n) is 16.3. The number of benzene rings is 2. The highest BCUT2D eigenvalue weighted by molar-refractivity contribution is 7.88. The van der Waals surface area contributed by atoms with Gasteiger partial charge < -0.3 is 10.1 Å². The lowest BCUT2D eigenvalue weighted by Crippen LogP contribution is -2.31. The van der Waals surface area contributed by atoms with E-state index in [1.165, 1.54) is 6.08 Å². The highest BCUT2D eigenvalue weighted by Crippen LogP contribution is 2.13. The first-order chi connectivity index (χ1) is 13.3. The van der Waals surface area contributed by atoms with Crippen LogP contribution in [0.2, 0.25) is 0 Å². The van der Waals surface area contributed by atoms with Gasteiger partial charge in [0.25, 0.3) is 0 Å². The summed E-state index contributed by atoms with van der Waals surface area (Å²) < 4.78 is 31.6. The van der Waals surface area contributed by atoms with Crippen LogP contribution in [0.25, 0.3) is 6.08 Å². The minimum Gasteiger partial charge on any atom is -0.497 e. The summed E-state index contributed by atoms with van der Waals surface area (Å²) in [5.41, 5.74) is 2.46. The van der Waals surface area contributed by atoms with Gasteiger partial charge in [0.1, 0.15) is 5.75 Å². The smallest absolute Gasteiger partial charge is 0.244 e. The highest BCUT2D eigenvalue weighted by Gasteiger charge is 2.12. The minimum atomic E-state index is -3.35. The molecule has 150 valence electrons. The molecule has 0 aliphatic carbocycles. The Kier molecular flexibility index (Phi) is 7.78. The van der Waals surface area contributed by atoms with Crippen molar-refractivity contribution in [2.45, 2.75) is 32.2 Å². The average molecular weight is 403 g/mol. The van der Waals surface area contributed by atoms with Gasteiger partial charge in [-0.1, -0.05) is 36.4 Å². The zero-order valence-corrected chi connectivity index (χ0v) is 17.1. The molecule has 0 atom stereocenters. The van der Waals surface area contributed by atoms with Crippen LogP contribution in [0, 0.1) is 0 Å². The lowest BCUT2D eigenvalue weighted by Gasteiger charge is -2.10. The van der Waals surface area contributed by atoms with Crippen molar-refractivity contribution in [2.75, 3.05) is 7.11 Å². The highest BCUT2D eigenvalue weighted by atomic mass is 32.2. The normalized spacial score (nSPS) is 11.7. The molecule has 0 bridgehead atoms. The second-order valence-corrected chi connectivity index (χ2v) is 8.43. The van der Waals surface area contributed by atoms with Crippen LogP contribution in [0.3, 0.4) is 0 Å². The first kappa shape index (κ1) is 21.7. The number of amides is 1. The maximum Gasteiger partial charge on any atom is 0.244 e. The van der Waals surface area contributed by atoms with Crippen molar-refractivity contribution in [3.63, 3.8) is 0 Å². The van der Waals surface area contributed by atoms with E-state index >= 15 is 0 Å². The Morgan fingerprint density at radius 1 is 1.11 bits per heavy atom.